The van der Waals surface area contributed by atoms with Crippen LogP contribution in [0.5, 0.6) is 0 Å². The number of carboxylic acid groups (broad SMARTS) is 1. The number of rotatable bonds is 3. The van der Waals surface area contributed by atoms with Crippen molar-refractivity contribution < 1.29 is 19.4 Å². The summed E-state index contributed by atoms with van der Waals surface area (Å²) in [5.74, 6) is -0.989. The van der Waals surface area contributed by atoms with Crippen LogP contribution in [0.15, 0.2) is 30.5 Å². The molecule has 0 saturated carbocycles. The molecular weight excluding hydrogens is 296 g/mol. The second kappa shape index (κ2) is 6.16. The molecule has 1 amide bonds. The van der Waals surface area contributed by atoms with Gasteiger partial charge in [-0.15, -0.1) is 0 Å². The SMILES string of the molecule is Cc1c(-c2ccc(NC(=O)OC(C)(C)C)cc2)c[nH]c1C(=O)O. The highest BCUT2D eigenvalue weighted by atomic mass is 16.6. The largest absolute Gasteiger partial charge is 0.477 e. The molecule has 0 fully saturated rings. The van der Waals surface area contributed by atoms with Crippen LogP contribution in [0.25, 0.3) is 11.1 Å². The summed E-state index contributed by atoms with van der Waals surface area (Å²) in [5.41, 5.74) is 2.57. The van der Waals surface area contributed by atoms with E-state index < -0.39 is 17.7 Å². The third-order valence-electron chi connectivity index (χ3n) is 3.19. The smallest absolute Gasteiger partial charge is 0.412 e. The lowest BCUT2D eigenvalue weighted by atomic mass is 10.0. The van der Waals surface area contributed by atoms with Crippen LogP contribution >= 0.6 is 0 Å². The first-order valence-electron chi connectivity index (χ1n) is 7.19. The van der Waals surface area contributed by atoms with E-state index in [0.717, 1.165) is 11.1 Å². The normalized spacial score (nSPS) is 11.1. The van der Waals surface area contributed by atoms with Gasteiger partial charge in [0, 0.05) is 17.4 Å². The van der Waals surface area contributed by atoms with Gasteiger partial charge in [-0.3, -0.25) is 5.32 Å². The van der Waals surface area contributed by atoms with E-state index in [1.807, 2.05) is 12.1 Å². The van der Waals surface area contributed by atoms with E-state index in [0.29, 0.717) is 11.3 Å². The van der Waals surface area contributed by atoms with Crippen LogP contribution in [0.1, 0.15) is 36.8 Å². The Labute approximate surface area is 134 Å². The van der Waals surface area contributed by atoms with E-state index >= 15 is 0 Å². The molecule has 2 rings (SSSR count). The number of anilines is 1. The zero-order valence-electron chi connectivity index (χ0n) is 13.6. The van der Waals surface area contributed by atoms with E-state index in [1.54, 1.807) is 46.0 Å². The molecule has 0 bridgehead atoms. The van der Waals surface area contributed by atoms with Crippen LogP contribution in [-0.2, 0) is 4.74 Å². The van der Waals surface area contributed by atoms with Gasteiger partial charge in [-0.05, 0) is 51.0 Å². The Morgan fingerprint density at radius 3 is 2.26 bits per heavy atom. The second-order valence-corrected chi connectivity index (χ2v) is 6.21. The third kappa shape index (κ3) is 4.12. The van der Waals surface area contributed by atoms with E-state index in [-0.39, 0.29) is 5.69 Å². The van der Waals surface area contributed by atoms with Crippen molar-refractivity contribution >= 4 is 17.7 Å². The van der Waals surface area contributed by atoms with Gasteiger partial charge in [-0.25, -0.2) is 9.59 Å². The van der Waals surface area contributed by atoms with Crippen molar-refractivity contribution in [3.63, 3.8) is 0 Å². The molecule has 122 valence electrons. The van der Waals surface area contributed by atoms with Gasteiger partial charge in [0.25, 0.3) is 0 Å². The van der Waals surface area contributed by atoms with Gasteiger partial charge in [0.1, 0.15) is 11.3 Å². The van der Waals surface area contributed by atoms with Crippen molar-refractivity contribution in [2.24, 2.45) is 0 Å². The standard InChI is InChI=1S/C17H20N2O4/c1-10-13(9-18-14(10)15(20)21)11-5-7-12(8-6-11)19-16(22)23-17(2,3)4/h5-9,18H,1-4H3,(H,19,22)(H,20,21). The molecule has 0 aliphatic rings. The van der Waals surface area contributed by atoms with Crippen LogP contribution in [0.4, 0.5) is 10.5 Å². The average molecular weight is 316 g/mol. The number of amides is 1. The fraction of sp³-hybridized carbons (Fsp3) is 0.294. The molecule has 1 heterocycles. The molecule has 3 N–H and O–H groups in total. The van der Waals surface area contributed by atoms with Gasteiger partial charge >= 0.3 is 12.1 Å². The highest BCUT2D eigenvalue weighted by molar-refractivity contribution is 5.91. The molecule has 0 aliphatic carbocycles. The van der Waals surface area contributed by atoms with Gasteiger partial charge < -0.3 is 14.8 Å². The number of ether oxygens (including phenoxy) is 1. The van der Waals surface area contributed by atoms with Gasteiger partial charge in [-0.1, -0.05) is 12.1 Å². The Morgan fingerprint density at radius 2 is 1.78 bits per heavy atom. The molecule has 0 atom stereocenters. The number of benzene rings is 1. The fourth-order valence-corrected chi connectivity index (χ4v) is 2.17. The topological polar surface area (TPSA) is 91.4 Å². The van der Waals surface area contributed by atoms with Crippen LogP contribution in [0, 0.1) is 6.92 Å². The summed E-state index contributed by atoms with van der Waals surface area (Å²) < 4.78 is 5.19. The highest BCUT2D eigenvalue weighted by Gasteiger charge is 2.17. The van der Waals surface area contributed by atoms with Crippen molar-refractivity contribution in [2.45, 2.75) is 33.3 Å². The maximum Gasteiger partial charge on any atom is 0.412 e. The van der Waals surface area contributed by atoms with Crippen molar-refractivity contribution in [3.8, 4) is 11.1 Å². The molecule has 0 spiro atoms. The number of carbonyl (C=O) groups excluding carboxylic acids is 1. The minimum Gasteiger partial charge on any atom is -0.477 e. The van der Waals surface area contributed by atoms with E-state index in [9.17, 15) is 9.59 Å². The first kappa shape index (κ1) is 16.6. The minimum absolute atomic E-state index is 0.177. The number of carbonyl (C=O) groups is 2. The van der Waals surface area contributed by atoms with Crippen LogP contribution < -0.4 is 5.32 Å². The number of carboxylic acids is 1. The zero-order chi connectivity index (χ0) is 17.2. The number of aromatic carboxylic acids is 1. The van der Waals surface area contributed by atoms with Crippen molar-refractivity contribution in [2.75, 3.05) is 5.32 Å². The molecule has 0 radical (unpaired) electrons. The van der Waals surface area contributed by atoms with Gasteiger partial charge in [-0.2, -0.15) is 0 Å². The lowest BCUT2D eigenvalue weighted by Crippen LogP contribution is -2.27. The lowest BCUT2D eigenvalue weighted by molar-refractivity contribution is 0.0634. The summed E-state index contributed by atoms with van der Waals surface area (Å²) in [7, 11) is 0. The Balaban J connectivity index is 2.14. The van der Waals surface area contributed by atoms with Crippen molar-refractivity contribution in [1.29, 1.82) is 0 Å². The maximum absolute atomic E-state index is 11.7. The maximum atomic E-state index is 11.7. The molecule has 6 heteroatoms. The Kier molecular flexibility index (Phi) is 4.45. The number of hydrogen-bond acceptors (Lipinski definition) is 3. The molecule has 2 aromatic rings. The highest BCUT2D eigenvalue weighted by Crippen LogP contribution is 2.27. The molecule has 6 nitrogen and oxygen atoms in total. The summed E-state index contributed by atoms with van der Waals surface area (Å²) in [6, 6.07) is 7.11. The second-order valence-electron chi connectivity index (χ2n) is 6.21. The Morgan fingerprint density at radius 1 is 1.17 bits per heavy atom. The summed E-state index contributed by atoms with van der Waals surface area (Å²) in [6.45, 7) is 7.14. The Bertz CT molecular complexity index is 724. The van der Waals surface area contributed by atoms with Crippen LogP contribution in [0.2, 0.25) is 0 Å². The van der Waals surface area contributed by atoms with E-state index in [2.05, 4.69) is 10.3 Å². The summed E-state index contributed by atoms with van der Waals surface area (Å²) >= 11 is 0. The van der Waals surface area contributed by atoms with Crippen LogP contribution in [-0.4, -0.2) is 27.8 Å². The molecule has 1 aromatic carbocycles. The third-order valence-corrected chi connectivity index (χ3v) is 3.19. The number of hydrogen-bond donors (Lipinski definition) is 3. The van der Waals surface area contributed by atoms with Gasteiger partial charge in [0.2, 0.25) is 0 Å². The predicted molar refractivity (Wildman–Crippen MR) is 87.8 cm³/mol. The number of aromatic amines is 1. The predicted octanol–water partition coefficient (Wildman–Crippen LogP) is 4.04. The monoisotopic (exact) mass is 316 g/mol. The molecule has 0 aliphatic heterocycles. The van der Waals surface area contributed by atoms with Gasteiger partial charge in [0.15, 0.2) is 0 Å². The molecule has 1 aromatic heterocycles. The fourth-order valence-electron chi connectivity index (χ4n) is 2.17. The minimum atomic E-state index is -0.989. The molecular formula is C17H20N2O4. The number of nitrogens with one attached hydrogen (secondary N) is 2. The summed E-state index contributed by atoms with van der Waals surface area (Å²) in [5, 5.41) is 11.7. The number of H-pyrrole nitrogens is 1. The quantitative estimate of drug-likeness (QED) is 0.797. The van der Waals surface area contributed by atoms with E-state index in [4.69, 9.17) is 9.84 Å². The molecule has 0 unspecified atom stereocenters. The van der Waals surface area contributed by atoms with Crippen molar-refractivity contribution in [1.82, 2.24) is 4.98 Å². The van der Waals surface area contributed by atoms with E-state index in [1.165, 1.54) is 0 Å². The van der Waals surface area contributed by atoms with Gasteiger partial charge in [0.05, 0.1) is 0 Å². The molecule has 0 saturated heterocycles. The Hall–Kier alpha value is -2.76. The average Bonchev–Trinajstić information content (AvgIpc) is 2.79. The lowest BCUT2D eigenvalue weighted by Gasteiger charge is -2.19. The first-order valence-corrected chi connectivity index (χ1v) is 7.19. The zero-order valence-corrected chi connectivity index (χ0v) is 13.6. The summed E-state index contributed by atoms with van der Waals surface area (Å²) in [6.07, 6.45) is 1.14. The first-order chi connectivity index (χ1) is 10.7. The number of aromatic nitrogens is 1. The summed E-state index contributed by atoms with van der Waals surface area (Å²) in [4.78, 5) is 25.5. The van der Waals surface area contributed by atoms with Crippen molar-refractivity contribution in [3.05, 3.63) is 41.7 Å². The molecule has 23 heavy (non-hydrogen) atoms. The van der Waals surface area contributed by atoms with Crippen LogP contribution in [0.3, 0.4) is 0 Å².